The maximum atomic E-state index is 6.24. The topological polar surface area (TPSA) is 69.6 Å². The van der Waals surface area contributed by atoms with Crippen LogP contribution < -0.4 is 0 Å². The van der Waals surface area contributed by atoms with Gasteiger partial charge < -0.3 is 8.98 Å². The van der Waals surface area contributed by atoms with Gasteiger partial charge in [0, 0.05) is 39.2 Å². The van der Waals surface area contributed by atoms with E-state index in [2.05, 4.69) is 156 Å². The third kappa shape index (κ3) is 5.12. The average molecular weight is 742 g/mol. The number of fused-ring (bicyclic) bond motifs is 9. The first kappa shape index (κ1) is 32.3. The highest BCUT2D eigenvalue weighted by Gasteiger charge is 2.20. The van der Waals surface area contributed by atoms with Crippen molar-refractivity contribution in [1.82, 2.24) is 24.5 Å². The summed E-state index contributed by atoms with van der Waals surface area (Å²) in [6, 6.07) is 63.6. The van der Waals surface area contributed by atoms with Crippen LogP contribution in [0.25, 0.3) is 116 Å². The van der Waals surface area contributed by atoms with E-state index in [4.69, 9.17) is 24.4 Å². The summed E-state index contributed by atoms with van der Waals surface area (Å²) in [6.07, 6.45) is 1.75. The fraction of sp³-hybridized carbons (Fsp3) is 0. The molecule has 0 aliphatic carbocycles. The SMILES string of the molecule is c1cc(-c2ccc(-n3c4ccccc4c4c5ccccc5ccc43)cc2)cc(-c2nc(-c3ccc4ccccc4c3)nc(-c3nccc4oc5ccccc5c34)n2)c1. The van der Waals surface area contributed by atoms with Gasteiger partial charge in [0.2, 0.25) is 0 Å². The van der Waals surface area contributed by atoms with Gasteiger partial charge in [0.25, 0.3) is 0 Å². The molecule has 0 amide bonds. The van der Waals surface area contributed by atoms with Gasteiger partial charge in [-0.2, -0.15) is 0 Å². The molecule has 8 aromatic carbocycles. The van der Waals surface area contributed by atoms with E-state index in [1.54, 1.807) is 6.20 Å². The number of hydrogen-bond acceptors (Lipinski definition) is 5. The molecule has 12 aromatic rings. The molecule has 0 radical (unpaired) electrons. The van der Waals surface area contributed by atoms with Crippen molar-refractivity contribution in [3.05, 3.63) is 188 Å². The van der Waals surface area contributed by atoms with Gasteiger partial charge in [0.1, 0.15) is 16.9 Å². The van der Waals surface area contributed by atoms with Crippen molar-refractivity contribution >= 4 is 65.3 Å². The number of nitrogens with zero attached hydrogens (tertiary/aromatic N) is 5. The Bertz CT molecular complexity index is 3580. The first-order chi connectivity index (χ1) is 28.7. The maximum absolute atomic E-state index is 6.24. The number of hydrogen-bond donors (Lipinski definition) is 0. The Morgan fingerprint density at radius 2 is 1.03 bits per heavy atom. The van der Waals surface area contributed by atoms with Crippen molar-refractivity contribution < 1.29 is 4.42 Å². The number of rotatable bonds is 5. The summed E-state index contributed by atoms with van der Waals surface area (Å²) in [6.45, 7) is 0. The molecule has 0 saturated heterocycles. The van der Waals surface area contributed by atoms with E-state index in [-0.39, 0.29) is 0 Å². The predicted molar refractivity (Wildman–Crippen MR) is 236 cm³/mol. The lowest BCUT2D eigenvalue weighted by molar-refractivity contribution is 0.668. The third-order valence-corrected chi connectivity index (χ3v) is 11.3. The molecule has 0 fully saturated rings. The summed E-state index contributed by atoms with van der Waals surface area (Å²) in [5.41, 5.74) is 9.60. The van der Waals surface area contributed by atoms with Crippen LogP contribution in [0.4, 0.5) is 0 Å². The summed E-state index contributed by atoms with van der Waals surface area (Å²) < 4.78 is 8.61. The number of para-hydroxylation sites is 2. The lowest BCUT2D eigenvalue weighted by atomic mass is 10.0. The van der Waals surface area contributed by atoms with E-state index in [0.717, 1.165) is 60.7 Å². The molecule has 12 rings (SSSR count). The molecule has 0 spiro atoms. The van der Waals surface area contributed by atoms with Crippen LogP contribution in [0.1, 0.15) is 0 Å². The zero-order valence-electron chi connectivity index (χ0n) is 31.0. The molecule has 0 aliphatic rings. The lowest BCUT2D eigenvalue weighted by Crippen LogP contribution is -2.01. The van der Waals surface area contributed by atoms with Crippen molar-refractivity contribution in [2.24, 2.45) is 0 Å². The Labute approximate surface area is 332 Å². The van der Waals surface area contributed by atoms with Crippen LogP contribution in [0.5, 0.6) is 0 Å². The molecule has 4 heterocycles. The summed E-state index contributed by atoms with van der Waals surface area (Å²) >= 11 is 0. The van der Waals surface area contributed by atoms with E-state index in [0.29, 0.717) is 23.2 Å². The normalized spacial score (nSPS) is 11.8. The minimum absolute atomic E-state index is 0.485. The predicted octanol–water partition coefficient (Wildman–Crippen LogP) is 13.2. The quantitative estimate of drug-likeness (QED) is 0.176. The molecule has 58 heavy (non-hydrogen) atoms. The van der Waals surface area contributed by atoms with Crippen LogP contribution >= 0.6 is 0 Å². The van der Waals surface area contributed by atoms with Gasteiger partial charge in [-0.25, -0.2) is 15.0 Å². The van der Waals surface area contributed by atoms with Gasteiger partial charge in [0.05, 0.1) is 16.4 Å². The molecule has 6 nitrogen and oxygen atoms in total. The molecule has 6 heteroatoms. The highest BCUT2D eigenvalue weighted by Crippen LogP contribution is 2.38. The molecule has 0 atom stereocenters. The minimum atomic E-state index is 0.485. The number of aromatic nitrogens is 5. The fourth-order valence-electron chi connectivity index (χ4n) is 8.57. The van der Waals surface area contributed by atoms with E-state index in [1.165, 1.54) is 32.6 Å². The highest BCUT2D eigenvalue weighted by molar-refractivity contribution is 6.21. The largest absolute Gasteiger partial charge is 0.456 e. The number of furan rings is 1. The van der Waals surface area contributed by atoms with Crippen LogP contribution in [0, 0.1) is 0 Å². The molecule has 0 unspecified atom stereocenters. The fourth-order valence-corrected chi connectivity index (χ4v) is 8.57. The van der Waals surface area contributed by atoms with Crippen LogP contribution in [-0.2, 0) is 0 Å². The Balaban J connectivity index is 0.987. The standard InChI is InChI=1S/C52H31N5O/c1-2-12-35-31-38(21-20-32(35)10-1)51-54-50(55-52(56-51)49-48-42-17-6-8-19-45(42)58-46(48)28-29-53-49)37-14-9-13-36(30-37)33-22-25-39(26-23-33)57-43-18-7-5-16-41(43)47-40-15-4-3-11-34(40)24-27-44(47)57/h1-31H. The first-order valence-corrected chi connectivity index (χ1v) is 19.4. The second kappa shape index (κ2) is 12.8. The molecular formula is C52H31N5O. The summed E-state index contributed by atoms with van der Waals surface area (Å²) in [4.78, 5) is 20.2. The zero-order chi connectivity index (χ0) is 38.2. The van der Waals surface area contributed by atoms with Crippen molar-refractivity contribution in [3.8, 4) is 51.1 Å². The van der Waals surface area contributed by atoms with E-state index >= 15 is 0 Å². The van der Waals surface area contributed by atoms with E-state index in [1.807, 2.05) is 30.3 Å². The van der Waals surface area contributed by atoms with Gasteiger partial charge in [-0.3, -0.25) is 4.98 Å². The van der Waals surface area contributed by atoms with Crippen molar-refractivity contribution in [3.63, 3.8) is 0 Å². The first-order valence-electron chi connectivity index (χ1n) is 19.4. The van der Waals surface area contributed by atoms with E-state index in [9.17, 15) is 0 Å². The van der Waals surface area contributed by atoms with Crippen LogP contribution in [0.15, 0.2) is 193 Å². The molecule has 0 N–H and O–H groups in total. The molecule has 0 aliphatic heterocycles. The lowest BCUT2D eigenvalue weighted by Gasteiger charge is -2.11. The summed E-state index contributed by atoms with van der Waals surface area (Å²) in [7, 11) is 0. The molecule has 0 bridgehead atoms. The number of benzene rings is 8. The van der Waals surface area contributed by atoms with Gasteiger partial charge in [0.15, 0.2) is 17.5 Å². The Kier molecular flexibility index (Phi) is 7.13. The highest BCUT2D eigenvalue weighted by atomic mass is 16.3. The van der Waals surface area contributed by atoms with Gasteiger partial charge >= 0.3 is 0 Å². The second-order valence-electron chi connectivity index (χ2n) is 14.7. The molecule has 270 valence electrons. The maximum Gasteiger partial charge on any atom is 0.183 e. The molecule has 4 aromatic heterocycles. The average Bonchev–Trinajstić information content (AvgIpc) is 3.85. The van der Waals surface area contributed by atoms with Gasteiger partial charge in [-0.1, -0.05) is 133 Å². The summed E-state index contributed by atoms with van der Waals surface area (Å²) in [5.74, 6) is 1.63. The van der Waals surface area contributed by atoms with Crippen molar-refractivity contribution in [1.29, 1.82) is 0 Å². The third-order valence-electron chi connectivity index (χ3n) is 11.3. The Morgan fingerprint density at radius 1 is 0.379 bits per heavy atom. The monoisotopic (exact) mass is 741 g/mol. The molecule has 0 saturated carbocycles. The van der Waals surface area contributed by atoms with Crippen LogP contribution in [0.2, 0.25) is 0 Å². The Morgan fingerprint density at radius 3 is 1.90 bits per heavy atom. The number of pyridine rings is 1. The van der Waals surface area contributed by atoms with Crippen molar-refractivity contribution in [2.75, 3.05) is 0 Å². The smallest absolute Gasteiger partial charge is 0.183 e. The second-order valence-corrected chi connectivity index (χ2v) is 14.7. The van der Waals surface area contributed by atoms with E-state index < -0.39 is 0 Å². The minimum Gasteiger partial charge on any atom is -0.456 e. The van der Waals surface area contributed by atoms with Gasteiger partial charge in [-0.15, -0.1) is 0 Å². The Hall–Kier alpha value is -7.96. The molecular weight excluding hydrogens is 711 g/mol. The van der Waals surface area contributed by atoms with Gasteiger partial charge in [-0.05, 0) is 81.2 Å². The van der Waals surface area contributed by atoms with Crippen LogP contribution in [0.3, 0.4) is 0 Å². The zero-order valence-corrected chi connectivity index (χ0v) is 31.0. The van der Waals surface area contributed by atoms with Crippen molar-refractivity contribution in [2.45, 2.75) is 0 Å². The van der Waals surface area contributed by atoms with Crippen LogP contribution in [-0.4, -0.2) is 24.5 Å². The summed E-state index contributed by atoms with van der Waals surface area (Å²) in [5, 5.41) is 9.15.